The molecule has 0 unspecified atom stereocenters. The van der Waals surface area contributed by atoms with E-state index < -0.39 is 11.9 Å². The zero-order chi connectivity index (χ0) is 17.7. The van der Waals surface area contributed by atoms with Crippen LogP contribution in [0.3, 0.4) is 0 Å². The maximum atomic E-state index is 13.0. The summed E-state index contributed by atoms with van der Waals surface area (Å²) < 4.78 is 38.9. The minimum absolute atomic E-state index is 0.0735. The second-order valence-corrected chi connectivity index (χ2v) is 5.16. The number of benzene rings is 1. The van der Waals surface area contributed by atoms with Crippen molar-refractivity contribution in [1.29, 1.82) is 0 Å². The van der Waals surface area contributed by atoms with Crippen molar-refractivity contribution in [2.24, 2.45) is 0 Å². The zero-order valence-electron chi connectivity index (χ0n) is 12.2. The third-order valence-electron chi connectivity index (χ3n) is 2.85. The van der Waals surface area contributed by atoms with Crippen molar-refractivity contribution in [3.05, 3.63) is 35.0 Å². The van der Waals surface area contributed by atoms with Crippen LogP contribution in [0, 0.1) is 0 Å². The van der Waals surface area contributed by atoms with Gasteiger partial charge in [-0.25, -0.2) is 4.98 Å². The number of aromatic nitrogens is 2. The number of rotatable bonds is 6. The second-order valence-electron chi connectivity index (χ2n) is 4.75. The van der Waals surface area contributed by atoms with E-state index in [1.165, 1.54) is 18.2 Å². The third-order valence-corrected chi connectivity index (χ3v) is 3.16. The summed E-state index contributed by atoms with van der Waals surface area (Å²) in [5.74, 6) is -0.414. The van der Waals surface area contributed by atoms with Crippen molar-refractivity contribution in [2.45, 2.75) is 12.6 Å². The monoisotopic (exact) mass is 362 g/mol. The molecule has 0 radical (unpaired) electrons. The van der Waals surface area contributed by atoms with Crippen LogP contribution in [0.2, 0.25) is 5.02 Å². The van der Waals surface area contributed by atoms with Gasteiger partial charge in [-0.15, -0.1) is 0 Å². The van der Waals surface area contributed by atoms with E-state index in [4.69, 9.17) is 16.7 Å². The first kappa shape index (κ1) is 18.1. The van der Waals surface area contributed by atoms with E-state index in [0.29, 0.717) is 6.42 Å². The highest BCUT2D eigenvalue weighted by Gasteiger charge is 2.33. The van der Waals surface area contributed by atoms with Gasteiger partial charge in [-0.3, -0.25) is 0 Å². The second kappa shape index (κ2) is 7.54. The summed E-state index contributed by atoms with van der Waals surface area (Å²) in [4.78, 5) is 7.35. The minimum Gasteiger partial charge on any atom is -0.508 e. The van der Waals surface area contributed by atoms with Crippen LogP contribution in [0.15, 0.2) is 24.3 Å². The molecule has 0 aliphatic carbocycles. The topological polar surface area (TPSA) is 90.3 Å². The molecule has 24 heavy (non-hydrogen) atoms. The number of phenols is 1. The Labute approximate surface area is 140 Å². The molecule has 0 amide bonds. The molecule has 0 aliphatic heterocycles. The lowest BCUT2D eigenvalue weighted by Crippen LogP contribution is -2.14. The molecule has 1 aromatic carbocycles. The van der Waals surface area contributed by atoms with Crippen LogP contribution in [0.4, 0.5) is 30.6 Å². The molecule has 1 aromatic heterocycles. The number of aromatic hydroxyl groups is 1. The summed E-state index contributed by atoms with van der Waals surface area (Å²) in [6.45, 7) is 0.109. The highest BCUT2D eigenvalue weighted by Crippen LogP contribution is 2.32. The van der Waals surface area contributed by atoms with Gasteiger partial charge in [0, 0.05) is 25.3 Å². The Hall–Kier alpha value is -2.26. The number of alkyl halides is 3. The molecule has 0 aliphatic rings. The van der Waals surface area contributed by atoms with Crippen LogP contribution in [-0.4, -0.2) is 33.3 Å². The number of aliphatic hydroxyl groups excluding tert-OH is 1. The maximum Gasteiger partial charge on any atom is 0.433 e. The largest absolute Gasteiger partial charge is 0.508 e. The van der Waals surface area contributed by atoms with Crippen molar-refractivity contribution in [3.8, 4) is 5.75 Å². The van der Waals surface area contributed by atoms with E-state index in [2.05, 4.69) is 20.6 Å². The van der Waals surface area contributed by atoms with E-state index in [9.17, 15) is 18.3 Å². The number of hydrogen-bond acceptors (Lipinski definition) is 6. The van der Waals surface area contributed by atoms with Crippen molar-refractivity contribution >= 4 is 29.1 Å². The van der Waals surface area contributed by atoms with Crippen LogP contribution < -0.4 is 10.6 Å². The van der Waals surface area contributed by atoms with Crippen molar-refractivity contribution in [3.63, 3.8) is 0 Å². The fourth-order valence-electron chi connectivity index (χ4n) is 1.76. The molecule has 0 fully saturated rings. The fourth-order valence-corrected chi connectivity index (χ4v) is 1.98. The average Bonchev–Trinajstić information content (AvgIpc) is 2.49. The Bertz CT molecular complexity index is 713. The molecule has 2 rings (SSSR count). The maximum absolute atomic E-state index is 13.0. The molecule has 0 bridgehead atoms. The number of nitrogens with one attached hydrogen (secondary N) is 2. The summed E-state index contributed by atoms with van der Waals surface area (Å²) in [5.41, 5.74) is -0.844. The van der Waals surface area contributed by atoms with Gasteiger partial charge >= 0.3 is 6.18 Å². The van der Waals surface area contributed by atoms with Crippen LogP contribution in [0.25, 0.3) is 0 Å². The van der Waals surface area contributed by atoms with Crippen molar-refractivity contribution in [1.82, 2.24) is 9.97 Å². The zero-order valence-corrected chi connectivity index (χ0v) is 13.0. The SMILES string of the molecule is OCCCNc1nc(Nc2ccc(O)cc2Cl)cc(C(F)(F)F)n1. The van der Waals surface area contributed by atoms with Gasteiger partial charge < -0.3 is 20.8 Å². The quantitative estimate of drug-likeness (QED) is 0.465. The van der Waals surface area contributed by atoms with Gasteiger partial charge in [0.2, 0.25) is 5.95 Å². The van der Waals surface area contributed by atoms with E-state index in [-0.39, 0.29) is 41.4 Å². The molecule has 1 heterocycles. The number of nitrogens with zero attached hydrogens (tertiary/aromatic N) is 2. The first-order valence-electron chi connectivity index (χ1n) is 6.86. The normalized spacial score (nSPS) is 11.4. The smallest absolute Gasteiger partial charge is 0.433 e. The van der Waals surface area contributed by atoms with Crippen LogP contribution in [0.1, 0.15) is 12.1 Å². The van der Waals surface area contributed by atoms with Crippen LogP contribution in [0.5, 0.6) is 5.75 Å². The van der Waals surface area contributed by atoms with Gasteiger partial charge in [-0.2, -0.15) is 18.2 Å². The van der Waals surface area contributed by atoms with E-state index in [1.807, 2.05) is 0 Å². The predicted octanol–water partition coefficient (Wildman–Crippen LogP) is 3.39. The number of halogens is 4. The number of aliphatic hydroxyl groups is 1. The highest BCUT2D eigenvalue weighted by molar-refractivity contribution is 6.33. The van der Waals surface area contributed by atoms with E-state index >= 15 is 0 Å². The molecule has 4 N–H and O–H groups in total. The number of phenolic OH excluding ortho intramolecular Hbond substituents is 1. The van der Waals surface area contributed by atoms with Gasteiger partial charge in [0.15, 0.2) is 5.69 Å². The lowest BCUT2D eigenvalue weighted by molar-refractivity contribution is -0.141. The Balaban J connectivity index is 2.31. The first-order chi connectivity index (χ1) is 11.3. The number of hydrogen-bond donors (Lipinski definition) is 4. The molecule has 0 saturated heterocycles. The Morgan fingerprint density at radius 2 is 1.92 bits per heavy atom. The third kappa shape index (κ3) is 4.87. The van der Waals surface area contributed by atoms with Gasteiger partial charge in [-0.1, -0.05) is 11.6 Å². The Morgan fingerprint density at radius 3 is 2.54 bits per heavy atom. The summed E-state index contributed by atoms with van der Waals surface area (Å²) in [6.07, 6.45) is -4.31. The fraction of sp³-hybridized carbons (Fsp3) is 0.286. The number of anilines is 3. The molecular formula is C14H14ClF3N4O2. The lowest BCUT2D eigenvalue weighted by Gasteiger charge is -2.13. The summed E-state index contributed by atoms with van der Waals surface area (Å²) in [5, 5.41) is 23.4. The summed E-state index contributed by atoms with van der Waals surface area (Å²) in [6, 6.07) is 4.74. The van der Waals surface area contributed by atoms with Crippen molar-refractivity contribution in [2.75, 3.05) is 23.8 Å². The molecule has 0 spiro atoms. The van der Waals surface area contributed by atoms with Crippen LogP contribution in [-0.2, 0) is 6.18 Å². The lowest BCUT2D eigenvalue weighted by atomic mass is 10.3. The Morgan fingerprint density at radius 1 is 1.17 bits per heavy atom. The predicted molar refractivity (Wildman–Crippen MR) is 83.6 cm³/mol. The molecule has 10 heteroatoms. The van der Waals surface area contributed by atoms with E-state index in [0.717, 1.165) is 6.07 Å². The van der Waals surface area contributed by atoms with Gasteiger partial charge in [0.25, 0.3) is 0 Å². The molecule has 0 saturated carbocycles. The molecule has 0 atom stereocenters. The highest BCUT2D eigenvalue weighted by atomic mass is 35.5. The first-order valence-corrected chi connectivity index (χ1v) is 7.24. The van der Waals surface area contributed by atoms with Crippen LogP contribution >= 0.6 is 11.6 Å². The molecule has 2 aromatic rings. The minimum atomic E-state index is -4.65. The van der Waals surface area contributed by atoms with Crippen molar-refractivity contribution < 1.29 is 23.4 Å². The molecule has 6 nitrogen and oxygen atoms in total. The van der Waals surface area contributed by atoms with E-state index in [1.54, 1.807) is 0 Å². The summed E-state index contributed by atoms with van der Waals surface area (Å²) >= 11 is 5.92. The van der Waals surface area contributed by atoms with Gasteiger partial charge in [0.1, 0.15) is 11.6 Å². The average molecular weight is 363 g/mol. The van der Waals surface area contributed by atoms with Gasteiger partial charge in [-0.05, 0) is 18.6 Å². The standard InChI is InChI=1S/C14H14ClF3N4O2/c15-9-6-8(24)2-3-10(9)20-12-7-11(14(16,17)18)21-13(22-12)19-4-1-5-23/h2-3,6-7,23-24H,1,4-5H2,(H2,19,20,21,22). The van der Waals surface area contributed by atoms with Gasteiger partial charge in [0.05, 0.1) is 10.7 Å². The molecular weight excluding hydrogens is 349 g/mol. The Kier molecular flexibility index (Phi) is 5.68. The molecule has 130 valence electrons. The summed E-state index contributed by atoms with van der Waals surface area (Å²) in [7, 11) is 0.